The first-order valence-corrected chi connectivity index (χ1v) is 8.77. The van der Waals surface area contributed by atoms with Crippen LogP contribution in [0.25, 0.3) is 0 Å². The van der Waals surface area contributed by atoms with Crippen molar-refractivity contribution in [3.05, 3.63) is 47.0 Å². The highest BCUT2D eigenvalue weighted by Crippen LogP contribution is 2.30. The summed E-state index contributed by atoms with van der Waals surface area (Å²) in [4.78, 5) is 24.7. The lowest BCUT2D eigenvalue weighted by atomic mass is 9.91. The van der Waals surface area contributed by atoms with Gasteiger partial charge in [0, 0.05) is 4.47 Å². The number of hydrazine groups is 1. The number of amides is 2. The molecule has 0 saturated carbocycles. The van der Waals surface area contributed by atoms with E-state index in [0.29, 0.717) is 0 Å². The van der Waals surface area contributed by atoms with E-state index in [-0.39, 0.29) is 12.2 Å². The zero-order chi connectivity index (χ0) is 19.2. The SMILES string of the molecule is C=CC(C)(c1ccc(Br)cc1)N(NC(=O)OC(C)C)C(=O)OC(C)C. The van der Waals surface area contributed by atoms with Crippen LogP contribution >= 0.6 is 15.9 Å². The number of nitrogens with one attached hydrogen (secondary N) is 1. The lowest BCUT2D eigenvalue weighted by Crippen LogP contribution is -2.56. The van der Waals surface area contributed by atoms with Gasteiger partial charge >= 0.3 is 12.2 Å². The van der Waals surface area contributed by atoms with Crippen LogP contribution in [0.2, 0.25) is 0 Å². The van der Waals surface area contributed by atoms with Crippen molar-refractivity contribution in [2.24, 2.45) is 0 Å². The fraction of sp³-hybridized carbons (Fsp3) is 0.444. The second kappa shape index (κ2) is 8.89. The molecule has 1 aromatic rings. The Morgan fingerprint density at radius 1 is 1.16 bits per heavy atom. The summed E-state index contributed by atoms with van der Waals surface area (Å²) in [7, 11) is 0. The first-order valence-electron chi connectivity index (χ1n) is 7.98. The summed E-state index contributed by atoms with van der Waals surface area (Å²) in [5.41, 5.74) is 2.18. The molecule has 0 aliphatic heterocycles. The van der Waals surface area contributed by atoms with Gasteiger partial charge < -0.3 is 9.47 Å². The van der Waals surface area contributed by atoms with Crippen LogP contribution in [-0.4, -0.2) is 29.4 Å². The monoisotopic (exact) mass is 412 g/mol. The van der Waals surface area contributed by atoms with E-state index in [1.807, 2.05) is 24.3 Å². The highest BCUT2D eigenvalue weighted by molar-refractivity contribution is 9.10. The van der Waals surface area contributed by atoms with Gasteiger partial charge in [-0.25, -0.2) is 20.0 Å². The van der Waals surface area contributed by atoms with Crippen molar-refractivity contribution in [2.75, 3.05) is 0 Å². The smallest absolute Gasteiger partial charge is 0.430 e. The quantitative estimate of drug-likeness (QED) is 0.559. The topological polar surface area (TPSA) is 67.9 Å². The molecular formula is C18H25BrN2O4. The molecule has 1 rings (SSSR count). The predicted octanol–water partition coefficient (Wildman–Crippen LogP) is 4.75. The zero-order valence-corrected chi connectivity index (χ0v) is 16.8. The second-order valence-corrected chi connectivity index (χ2v) is 7.11. The molecule has 2 amide bonds. The van der Waals surface area contributed by atoms with Gasteiger partial charge in [0.25, 0.3) is 0 Å². The Labute approximate surface area is 157 Å². The maximum Gasteiger partial charge on any atom is 0.430 e. The summed E-state index contributed by atoms with van der Waals surface area (Å²) >= 11 is 3.38. The molecule has 138 valence electrons. The molecule has 0 bridgehead atoms. The van der Waals surface area contributed by atoms with Crippen LogP contribution in [0.15, 0.2) is 41.4 Å². The molecule has 1 aromatic carbocycles. The first kappa shape index (κ1) is 21.0. The van der Waals surface area contributed by atoms with Gasteiger partial charge in [-0.15, -0.1) is 6.58 Å². The minimum Gasteiger partial charge on any atom is -0.446 e. The molecule has 1 unspecified atom stereocenters. The van der Waals surface area contributed by atoms with Crippen molar-refractivity contribution < 1.29 is 19.1 Å². The third kappa shape index (κ3) is 5.77. The maximum atomic E-state index is 12.6. The van der Waals surface area contributed by atoms with Crippen molar-refractivity contribution in [2.45, 2.75) is 52.4 Å². The fourth-order valence-electron chi connectivity index (χ4n) is 2.06. The zero-order valence-electron chi connectivity index (χ0n) is 15.2. The summed E-state index contributed by atoms with van der Waals surface area (Å²) in [5.74, 6) is 0. The van der Waals surface area contributed by atoms with Gasteiger partial charge in [0.1, 0.15) is 5.54 Å². The number of carbonyl (C=O) groups excluding carboxylic acids is 2. The fourth-order valence-corrected chi connectivity index (χ4v) is 2.33. The van der Waals surface area contributed by atoms with Crippen molar-refractivity contribution in [1.29, 1.82) is 0 Å². The summed E-state index contributed by atoms with van der Waals surface area (Å²) < 4.78 is 11.3. The van der Waals surface area contributed by atoms with Gasteiger partial charge in [-0.1, -0.05) is 34.1 Å². The second-order valence-electron chi connectivity index (χ2n) is 6.19. The molecule has 0 spiro atoms. The molecule has 6 nitrogen and oxygen atoms in total. The van der Waals surface area contributed by atoms with Gasteiger partial charge in [0.05, 0.1) is 12.2 Å². The van der Waals surface area contributed by atoms with Gasteiger partial charge in [0.15, 0.2) is 0 Å². The number of nitrogens with zero attached hydrogens (tertiary/aromatic N) is 1. The third-order valence-electron chi connectivity index (χ3n) is 3.36. The van der Waals surface area contributed by atoms with E-state index in [1.54, 1.807) is 40.7 Å². The number of benzene rings is 1. The van der Waals surface area contributed by atoms with E-state index >= 15 is 0 Å². The summed E-state index contributed by atoms with van der Waals surface area (Å²) in [5, 5.41) is 1.09. The highest BCUT2D eigenvalue weighted by Gasteiger charge is 2.38. The number of hydrogen-bond donors (Lipinski definition) is 1. The molecule has 0 aliphatic rings. The van der Waals surface area contributed by atoms with Crippen LogP contribution in [0.3, 0.4) is 0 Å². The number of rotatable bonds is 5. The summed E-state index contributed by atoms with van der Waals surface area (Å²) in [6.45, 7) is 12.5. The molecule has 0 heterocycles. The number of ether oxygens (including phenoxy) is 2. The molecule has 0 aliphatic carbocycles. The van der Waals surface area contributed by atoms with Crippen LogP contribution in [-0.2, 0) is 15.0 Å². The average Bonchev–Trinajstić information content (AvgIpc) is 2.51. The van der Waals surface area contributed by atoms with Gasteiger partial charge in [-0.05, 0) is 52.3 Å². The lowest BCUT2D eigenvalue weighted by Gasteiger charge is -2.38. The Morgan fingerprint density at radius 2 is 1.68 bits per heavy atom. The number of hydrogen-bond acceptors (Lipinski definition) is 4. The molecule has 1 atom stereocenters. The molecule has 0 fully saturated rings. The van der Waals surface area contributed by atoms with Crippen molar-refractivity contribution >= 4 is 28.1 Å². The number of carbonyl (C=O) groups is 2. The Hall–Kier alpha value is -2.02. The van der Waals surface area contributed by atoms with Crippen LogP contribution in [0.1, 0.15) is 40.2 Å². The summed E-state index contributed by atoms with van der Waals surface area (Å²) in [6, 6.07) is 7.35. The predicted molar refractivity (Wildman–Crippen MR) is 99.9 cm³/mol. The minimum atomic E-state index is -1.04. The highest BCUT2D eigenvalue weighted by atomic mass is 79.9. The lowest BCUT2D eigenvalue weighted by molar-refractivity contribution is 0.0166. The summed E-state index contributed by atoms with van der Waals surface area (Å²) in [6.07, 6.45) is -0.572. The van der Waals surface area contributed by atoms with Gasteiger partial charge in [-0.2, -0.15) is 0 Å². The Morgan fingerprint density at radius 3 is 2.12 bits per heavy atom. The van der Waals surface area contributed by atoms with E-state index in [2.05, 4.69) is 27.9 Å². The standard InChI is InChI=1S/C18H25BrN2O4/c1-7-18(6,14-8-10-15(19)11-9-14)21(17(23)25-13(4)5)20-16(22)24-12(2)3/h7-13H,1H2,2-6H3,(H,20,22). The molecule has 0 radical (unpaired) electrons. The maximum absolute atomic E-state index is 12.6. The van der Waals surface area contributed by atoms with E-state index in [1.165, 1.54) is 0 Å². The van der Waals surface area contributed by atoms with E-state index < -0.39 is 17.7 Å². The Bertz CT molecular complexity index is 616. The molecule has 25 heavy (non-hydrogen) atoms. The van der Waals surface area contributed by atoms with E-state index in [0.717, 1.165) is 15.0 Å². The molecule has 7 heteroatoms. The van der Waals surface area contributed by atoms with E-state index in [4.69, 9.17) is 9.47 Å². The molecular weight excluding hydrogens is 388 g/mol. The minimum absolute atomic E-state index is 0.328. The van der Waals surface area contributed by atoms with Crippen LogP contribution in [0.5, 0.6) is 0 Å². The van der Waals surface area contributed by atoms with E-state index in [9.17, 15) is 9.59 Å². The molecule has 1 N–H and O–H groups in total. The van der Waals surface area contributed by atoms with Crippen molar-refractivity contribution in [3.63, 3.8) is 0 Å². The van der Waals surface area contributed by atoms with Gasteiger partial charge in [-0.3, -0.25) is 0 Å². The van der Waals surface area contributed by atoms with Crippen molar-refractivity contribution in [1.82, 2.24) is 10.4 Å². The van der Waals surface area contributed by atoms with Crippen LogP contribution in [0, 0.1) is 0 Å². The normalized spacial score (nSPS) is 13.1. The Kier molecular flexibility index (Phi) is 7.48. The molecule has 0 saturated heterocycles. The van der Waals surface area contributed by atoms with Crippen LogP contribution < -0.4 is 5.43 Å². The Balaban J connectivity index is 3.25. The average molecular weight is 413 g/mol. The van der Waals surface area contributed by atoms with Crippen molar-refractivity contribution in [3.8, 4) is 0 Å². The van der Waals surface area contributed by atoms with Crippen LogP contribution in [0.4, 0.5) is 9.59 Å². The molecule has 0 aromatic heterocycles. The van der Waals surface area contributed by atoms with Gasteiger partial charge in [0.2, 0.25) is 0 Å². The third-order valence-corrected chi connectivity index (χ3v) is 3.88. The largest absolute Gasteiger partial charge is 0.446 e. The first-order chi connectivity index (χ1) is 11.6. The number of halogens is 1.